The Morgan fingerprint density at radius 2 is 1.70 bits per heavy atom. The van der Waals surface area contributed by atoms with E-state index in [2.05, 4.69) is 17.0 Å². The van der Waals surface area contributed by atoms with E-state index >= 15 is 0 Å². The van der Waals surface area contributed by atoms with Crippen LogP contribution in [0.25, 0.3) is 0 Å². The lowest BCUT2D eigenvalue weighted by Gasteiger charge is -2.25. The van der Waals surface area contributed by atoms with Crippen LogP contribution in [0.2, 0.25) is 0 Å². The lowest BCUT2D eigenvalue weighted by Crippen LogP contribution is -2.39. The van der Waals surface area contributed by atoms with E-state index in [1.807, 2.05) is 43.4 Å². The molecule has 1 saturated carbocycles. The quantitative estimate of drug-likeness (QED) is 0.681. The Hall–Kier alpha value is -2.53. The molecule has 0 aromatic heterocycles. The average molecular weight is 368 g/mol. The van der Waals surface area contributed by atoms with Crippen molar-refractivity contribution in [3.8, 4) is 11.5 Å². The molecule has 0 bridgehead atoms. The molecule has 2 aromatic rings. The standard InChI is InChI=1S/C22H28N2O3/c1-23(15-18-6-4-5-7-21(18)27-3)22(25)16-24(19-10-11-19)14-17-8-12-20(26-2)13-9-17/h4-9,12-13,19H,10-11,14-16H2,1-3H3. The van der Waals surface area contributed by atoms with E-state index in [4.69, 9.17) is 9.47 Å². The average Bonchev–Trinajstić information content (AvgIpc) is 3.53. The fourth-order valence-electron chi connectivity index (χ4n) is 3.19. The Morgan fingerprint density at radius 1 is 1.00 bits per heavy atom. The van der Waals surface area contributed by atoms with E-state index in [0.717, 1.165) is 23.6 Å². The summed E-state index contributed by atoms with van der Waals surface area (Å²) in [6.07, 6.45) is 2.33. The number of hydrogen-bond donors (Lipinski definition) is 0. The van der Waals surface area contributed by atoms with E-state index < -0.39 is 0 Å². The van der Waals surface area contributed by atoms with Gasteiger partial charge in [0, 0.05) is 31.7 Å². The first-order chi connectivity index (χ1) is 13.1. The van der Waals surface area contributed by atoms with Crippen molar-refractivity contribution in [1.29, 1.82) is 0 Å². The van der Waals surface area contributed by atoms with E-state index in [1.165, 1.54) is 18.4 Å². The van der Waals surface area contributed by atoms with Crippen molar-refractivity contribution in [3.05, 3.63) is 59.7 Å². The van der Waals surface area contributed by atoms with Gasteiger partial charge in [0.05, 0.1) is 20.8 Å². The maximum atomic E-state index is 12.8. The molecule has 3 rings (SSSR count). The zero-order chi connectivity index (χ0) is 19.2. The first-order valence-electron chi connectivity index (χ1n) is 9.33. The Kier molecular flexibility index (Phi) is 6.35. The maximum Gasteiger partial charge on any atom is 0.236 e. The highest BCUT2D eigenvalue weighted by Crippen LogP contribution is 2.29. The lowest BCUT2D eigenvalue weighted by molar-refractivity contribution is -0.132. The summed E-state index contributed by atoms with van der Waals surface area (Å²) in [7, 11) is 5.18. The molecule has 1 aliphatic carbocycles. The Balaban J connectivity index is 1.60. The summed E-state index contributed by atoms with van der Waals surface area (Å²) in [5.74, 6) is 1.79. The van der Waals surface area contributed by atoms with Crippen molar-refractivity contribution in [2.45, 2.75) is 32.0 Å². The molecule has 0 spiro atoms. The van der Waals surface area contributed by atoms with Crippen LogP contribution in [0.3, 0.4) is 0 Å². The summed E-state index contributed by atoms with van der Waals surface area (Å²) in [4.78, 5) is 16.9. The first kappa shape index (κ1) is 19.2. The lowest BCUT2D eigenvalue weighted by atomic mass is 10.2. The largest absolute Gasteiger partial charge is 0.497 e. The van der Waals surface area contributed by atoms with Crippen LogP contribution < -0.4 is 9.47 Å². The van der Waals surface area contributed by atoms with Crippen molar-refractivity contribution >= 4 is 5.91 Å². The number of likely N-dealkylation sites (N-methyl/N-ethyl adjacent to an activating group) is 1. The summed E-state index contributed by atoms with van der Waals surface area (Å²) in [5.41, 5.74) is 2.21. The number of methoxy groups -OCH3 is 2. The molecule has 0 N–H and O–H groups in total. The predicted octanol–water partition coefficient (Wildman–Crippen LogP) is 3.33. The van der Waals surface area contributed by atoms with E-state index in [-0.39, 0.29) is 5.91 Å². The number of amides is 1. The fraction of sp³-hybridized carbons (Fsp3) is 0.409. The minimum Gasteiger partial charge on any atom is -0.497 e. The second-order valence-corrected chi connectivity index (χ2v) is 7.05. The van der Waals surface area contributed by atoms with Crippen LogP contribution in [0.15, 0.2) is 48.5 Å². The van der Waals surface area contributed by atoms with Gasteiger partial charge in [0.2, 0.25) is 5.91 Å². The molecule has 144 valence electrons. The van der Waals surface area contributed by atoms with Crippen LogP contribution in [0.4, 0.5) is 0 Å². The Bertz CT molecular complexity index is 756. The summed E-state index contributed by atoms with van der Waals surface area (Å²) in [6, 6.07) is 16.4. The number of hydrogen-bond acceptors (Lipinski definition) is 4. The van der Waals surface area contributed by atoms with Crippen LogP contribution in [0, 0.1) is 0 Å². The molecule has 0 atom stereocenters. The minimum absolute atomic E-state index is 0.126. The monoisotopic (exact) mass is 368 g/mol. The van der Waals surface area contributed by atoms with Crippen LogP contribution in [0.5, 0.6) is 11.5 Å². The van der Waals surface area contributed by atoms with Crippen molar-refractivity contribution in [2.75, 3.05) is 27.8 Å². The van der Waals surface area contributed by atoms with E-state index in [0.29, 0.717) is 19.1 Å². The van der Waals surface area contributed by atoms with E-state index in [1.54, 1.807) is 19.1 Å². The molecule has 2 aromatic carbocycles. The number of benzene rings is 2. The van der Waals surface area contributed by atoms with Crippen molar-refractivity contribution in [2.24, 2.45) is 0 Å². The van der Waals surface area contributed by atoms with Crippen LogP contribution in [-0.2, 0) is 17.9 Å². The zero-order valence-corrected chi connectivity index (χ0v) is 16.4. The minimum atomic E-state index is 0.126. The van der Waals surface area contributed by atoms with Crippen molar-refractivity contribution < 1.29 is 14.3 Å². The summed E-state index contributed by atoms with van der Waals surface area (Å²) < 4.78 is 10.6. The Labute approximate surface area is 161 Å². The molecule has 1 aliphatic rings. The summed E-state index contributed by atoms with van der Waals surface area (Å²) >= 11 is 0. The van der Waals surface area contributed by atoms with Gasteiger partial charge in [-0.1, -0.05) is 30.3 Å². The topological polar surface area (TPSA) is 42.0 Å². The van der Waals surface area contributed by atoms with Crippen LogP contribution in [0.1, 0.15) is 24.0 Å². The number of para-hydroxylation sites is 1. The highest BCUT2D eigenvalue weighted by Gasteiger charge is 2.31. The molecule has 0 radical (unpaired) electrons. The van der Waals surface area contributed by atoms with Gasteiger partial charge >= 0.3 is 0 Å². The first-order valence-corrected chi connectivity index (χ1v) is 9.33. The van der Waals surface area contributed by atoms with Crippen molar-refractivity contribution in [1.82, 2.24) is 9.80 Å². The van der Waals surface area contributed by atoms with Crippen molar-refractivity contribution in [3.63, 3.8) is 0 Å². The fourth-order valence-corrected chi connectivity index (χ4v) is 3.19. The molecule has 1 fully saturated rings. The molecule has 0 saturated heterocycles. The van der Waals surface area contributed by atoms with E-state index in [9.17, 15) is 4.79 Å². The highest BCUT2D eigenvalue weighted by atomic mass is 16.5. The Morgan fingerprint density at radius 3 is 2.33 bits per heavy atom. The van der Waals surface area contributed by atoms with Crippen LogP contribution >= 0.6 is 0 Å². The third kappa shape index (κ3) is 5.23. The number of carbonyl (C=O) groups is 1. The van der Waals surface area contributed by atoms with Gasteiger partial charge in [0.25, 0.3) is 0 Å². The molecule has 0 unspecified atom stereocenters. The highest BCUT2D eigenvalue weighted by molar-refractivity contribution is 5.78. The molecule has 0 aliphatic heterocycles. The smallest absolute Gasteiger partial charge is 0.236 e. The van der Waals surface area contributed by atoms with Gasteiger partial charge in [-0.05, 0) is 36.6 Å². The molecule has 0 heterocycles. The van der Waals surface area contributed by atoms with Gasteiger partial charge in [-0.2, -0.15) is 0 Å². The number of nitrogens with zero attached hydrogens (tertiary/aromatic N) is 2. The third-order valence-corrected chi connectivity index (χ3v) is 4.97. The number of rotatable bonds is 9. The molecule has 5 nitrogen and oxygen atoms in total. The molecule has 1 amide bonds. The SMILES string of the molecule is COc1ccc(CN(CC(=O)N(C)Cc2ccccc2OC)C2CC2)cc1. The normalized spacial score (nSPS) is 13.5. The summed E-state index contributed by atoms with van der Waals surface area (Å²) in [6.45, 7) is 1.76. The molecule has 5 heteroatoms. The maximum absolute atomic E-state index is 12.8. The second kappa shape index (κ2) is 8.91. The number of ether oxygens (including phenoxy) is 2. The number of carbonyl (C=O) groups excluding carboxylic acids is 1. The van der Waals surface area contributed by atoms with Gasteiger partial charge in [0.1, 0.15) is 11.5 Å². The second-order valence-electron chi connectivity index (χ2n) is 7.05. The molecular formula is C22H28N2O3. The molecular weight excluding hydrogens is 340 g/mol. The zero-order valence-electron chi connectivity index (χ0n) is 16.4. The van der Waals surface area contributed by atoms with Crippen LogP contribution in [-0.4, -0.2) is 49.6 Å². The van der Waals surface area contributed by atoms with Gasteiger partial charge in [0.15, 0.2) is 0 Å². The van der Waals surface area contributed by atoms with Gasteiger partial charge < -0.3 is 14.4 Å². The van der Waals surface area contributed by atoms with Gasteiger partial charge in [-0.15, -0.1) is 0 Å². The molecule has 27 heavy (non-hydrogen) atoms. The summed E-state index contributed by atoms with van der Waals surface area (Å²) in [5, 5.41) is 0. The van der Waals surface area contributed by atoms with Gasteiger partial charge in [-0.25, -0.2) is 0 Å². The third-order valence-electron chi connectivity index (χ3n) is 4.97. The predicted molar refractivity (Wildman–Crippen MR) is 106 cm³/mol. The van der Waals surface area contributed by atoms with Gasteiger partial charge in [-0.3, -0.25) is 9.69 Å².